The van der Waals surface area contributed by atoms with Gasteiger partial charge < -0.3 is 15.4 Å². The molecule has 1 aliphatic rings. The van der Waals surface area contributed by atoms with E-state index in [1.54, 1.807) is 43.5 Å². The van der Waals surface area contributed by atoms with E-state index < -0.39 is 23.9 Å². The fourth-order valence-electron chi connectivity index (χ4n) is 2.77. The Morgan fingerprint density at radius 2 is 1.96 bits per heavy atom. The number of ether oxygens (including phenoxy) is 1. The van der Waals surface area contributed by atoms with E-state index in [0.29, 0.717) is 11.6 Å². The molecule has 2 heterocycles. The van der Waals surface area contributed by atoms with Crippen LogP contribution in [0, 0.1) is 6.92 Å². The van der Waals surface area contributed by atoms with Crippen molar-refractivity contribution in [1.82, 2.24) is 15.2 Å². The predicted octanol–water partition coefficient (Wildman–Crippen LogP) is 1.85. The largest absolute Gasteiger partial charge is 0.497 e. The van der Waals surface area contributed by atoms with Crippen molar-refractivity contribution in [2.45, 2.75) is 25.9 Å². The Balaban J connectivity index is 1.60. The van der Waals surface area contributed by atoms with E-state index in [9.17, 15) is 14.4 Å². The summed E-state index contributed by atoms with van der Waals surface area (Å²) in [5.74, 6) is 0.281. The molecule has 1 atom stereocenters. The number of pyridine rings is 1. The van der Waals surface area contributed by atoms with Crippen LogP contribution in [-0.2, 0) is 16.1 Å². The zero-order valence-corrected chi connectivity index (χ0v) is 15.1. The highest BCUT2D eigenvalue weighted by atomic mass is 16.5. The summed E-state index contributed by atoms with van der Waals surface area (Å²) >= 11 is 0. The van der Waals surface area contributed by atoms with E-state index in [1.165, 1.54) is 0 Å². The first-order chi connectivity index (χ1) is 13.0. The number of aryl methyl sites for hydroxylation is 1. The number of rotatable bonds is 6. The average molecular weight is 368 g/mol. The van der Waals surface area contributed by atoms with Crippen LogP contribution in [0.25, 0.3) is 0 Å². The number of benzene rings is 1. The van der Waals surface area contributed by atoms with Crippen molar-refractivity contribution in [3.8, 4) is 5.75 Å². The summed E-state index contributed by atoms with van der Waals surface area (Å²) < 4.78 is 5.09. The van der Waals surface area contributed by atoms with Crippen LogP contribution >= 0.6 is 0 Å². The summed E-state index contributed by atoms with van der Waals surface area (Å²) in [6.07, 6.45) is -0.153. The van der Waals surface area contributed by atoms with Gasteiger partial charge in [-0.2, -0.15) is 0 Å². The number of nitrogens with one attached hydrogen (secondary N) is 2. The molecule has 2 N–H and O–H groups in total. The molecular weight excluding hydrogens is 348 g/mol. The highest BCUT2D eigenvalue weighted by Gasteiger charge is 2.39. The van der Waals surface area contributed by atoms with Crippen molar-refractivity contribution >= 4 is 23.7 Å². The van der Waals surface area contributed by atoms with Gasteiger partial charge in [0.25, 0.3) is 5.91 Å². The van der Waals surface area contributed by atoms with E-state index >= 15 is 0 Å². The number of nitrogens with zero attached hydrogens (tertiary/aromatic N) is 2. The number of hydrogen-bond acceptors (Lipinski definition) is 5. The van der Waals surface area contributed by atoms with Crippen LogP contribution in [-0.4, -0.2) is 40.9 Å². The first-order valence-corrected chi connectivity index (χ1v) is 8.44. The molecule has 1 aliphatic heterocycles. The van der Waals surface area contributed by atoms with Crippen molar-refractivity contribution in [1.29, 1.82) is 0 Å². The normalized spacial score (nSPS) is 16.2. The van der Waals surface area contributed by atoms with E-state index in [-0.39, 0.29) is 13.0 Å². The Hall–Kier alpha value is -3.42. The summed E-state index contributed by atoms with van der Waals surface area (Å²) in [5, 5.41) is 5.19. The summed E-state index contributed by atoms with van der Waals surface area (Å²) in [6.45, 7) is 1.94. The SMILES string of the molecule is COc1ccc(CN2C(=O)N[C@@H](CC(=O)Nc3cccc(C)n3)C2=O)cc1. The third kappa shape index (κ3) is 4.41. The molecule has 0 unspecified atom stereocenters. The molecule has 1 fully saturated rings. The summed E-state index contributed by atoms with van der Waals surface area (Å²) in [6, 6.07) is 10.9. The zero-order valence-electron chi connectivity index (χ0n) is 15.1. The van der Waals surface area contributed by atoms with Crippen molar-refractivity contribution < 1.29 is 19.1 Å². The Kier molecular flexibility index (Phi) is 5.35. The fraction of sp³-hybridized carbons (Fsp3) is 0.263. The summed E-state index contributed by atoms with van der Waals surface area (Å²) in [5.41, 5.74) is 1.55. The quantitative estimate of drug-likeness (QED) is 0.758. The highest BCUT2D eigenvalue weighted by molar-refractivity contribution is 6.06. The lowest BCUT2D eigenvalue weighted by molar-refractivity contribution is -0.130. The van der Waals surface area contributed by atoms with Crippen molar-refractivity contribution in [2.75, 3.05) is 12.4 Å². The topological polar surface area (TPSA) is 101 Å². The molecule has 8 heteroatoms. The standard InChI is InChI=1S/C19H20N4O4/c1-12-4-3-5-16(20-12)22-17(24)10-15-18(25)23(19(26)21-15)11-13-6-8-14(27-2)9-7-13/h3-9,15H,10-11H2,1-2H3,(H,21,26)(H,20,22,24)/t15-/m0/s1. The van der Waals surface area contributed by atoms with Gasteiger partial charge in [0.15, 0.2) is 0 Å². The van der Waals surface area contributed by atoms with Gasteiger partial charge in [-0.1, -0.05) is 18.2 Å². The van der Waals surface area contributed by atoms with E-state index in [1.807, 2.05) is 13.0 Å². The van der Waals surface area contributed by atoms with Gasteiger partial charge >= 0.3 is 6.03 Å². The minimum Gasteiger partial charge on any atom is -0.497 e. The number of amides is 4. The maximum atomic E-state index is 12.5. The molecule has 1 saturated heterocycles. The summed E-state index contributed by atoms with van der Waals surface area (Å²) in [4.78, 5) is 42.1. The molecule has 3 rings (SSSR count). The van der Waals surface area contributed by atoms with Crippen LogP contribution in [0.4, 0.5) is 10.6 Å². The van der Waals surface area contributed by atoms with Crippen molar-refractivity contribution in [2.24, 2.45) is 0 Å². The van der Waals surface area contributed by atoms with Crippen LogP contribution < -0.4 is 15.4 Å². The first-order valence-electron chi connectivity index (χ1n) is 8.44. The first kappa shape index (κ1) is 18.4. The molecule has 1 aromatic heterocycles. The van der Waals surface area contributed by atoms with E-state index in [4.69, 9.17) is 4.74 Å². The fourth-order valence-corrected chi connectivity index (χ4v) is 2.77. The second-order valence-electron chi connectivity index (χ2n) is 6.19. The Morgan fingerprint density at radius 3 is 2.63 bits per heavy atom. The lowest BCUT2D eigenvalue weighted by Gasteiger charge is -2.13. The number of anilines is 1. The average Bonchev–Trinajstić information content (AvgIpc) is 2.89. The number of aromatic nitrogens is 1. The van der Waals surface area contributed by atoms with Crippen LogP contribution in [0.1, 0.15) is 17.7 Å². The Morgan fingerprint density at radius 1 is 1.22 bits per heavy atom. The third-order valence-corrected chi connectivity index (χ3v) is 4.15. The number of carbonyl (C=O) groups excluding carboxylic acids is 3. The Bertz CT molecular complexity index is 866. The monoisotopic (exact) mass is 368 g/mol. The van der Waals surface area contributed by atoms with E-state index in [0.717, 1.165) is 16.2 Å². The van der Waals surface area contributed by atoms with Gasteiger partial charge in [0.05, 0.1) is 20.1 Å². The molecule has 4 amide bonds. The lowest BCUT2D eigenvalue weighted by Crippen LogP contribution is -2.34. The van der Waals surface area contributed by atoms with Crippen LogP contribution in [0.2, 0.25) is 0 Å². The maximum absolute atomic E-state index is 12.5. The molecule has 0 bridgehead atoms. The van der Waals surface area contributed by atoms with Gasteiger partial charge in [0.2, 0.25) is 5.91 Å². The molecule has 27 heavy (non-hydrogen) atoms. The van der Waals surface area contributed by atoms with Crippen LogP contribution in [0.5, 0.6) is 5.75 Å². The number of carbonyl (C=O) groups is 3. The minimum absolute atomic E-state index is 0.131. The molecule has 0 radical (unpaired) electrons. The van der Waals surface area contributed by atoms with E-state index in [2.05, 4.69) is 15.6 Å². The smallest absolute Gasteiger partial charge is 0.325 e. The van der Waals surface area contributed by atoms with Gasteiger partial charge in [-0.15, -0.1) is 0 Å². The van der Waals surface area contributed by atoms with Gasteiger partial charge in [-0.05, 0) is 36.8 Å². The molecule has 1 aromatic carbocycles. The molecule has 140 valence electrons. The second kappa shape index (κ2) is 7.86. The third-order valence-electron chi connectivity index (χ3n) is 4.15. The van der Waals surface area contributed by atoms with Gasteiger partial charge in [-0.3, -0.25) is 14.5 Å². The van der Waals surface area contributed by atoms with Crippen LogP contribution in [0.15, 0.2) is 42.5 Å². The zero-order chi connectivity index (χ0) is 19.4. The maximum Gasteiger partial charge on any atom is 0.325 e. The number of methoxy groups -OCH3 is 1. The number of urea groups is 1. The molecule has 0 spiro atoms. The van der Waals surface area contributed by atoms with Gasteiger partial charge in [-0.25, -0.2) is 9.78 Å². The number of hydrogen-bond donors (Lipinski definition) is 2. The summed E-state index contributed by atoms with van der Waals surface area (Å²) in [7, 11) is 1.56. The molecule has 0 aliphatic carbocycles. The predicted molar refractivity (Wildman–Crippen MR) is 98.1 cm³/mol. The molecular formula is C19H20N4O4. The van der Waals surface area contributed by atoms with Gasteiger partial charge in [0.1, 0.15) is 17.6 Å². The number of imide groups is 1. The van der Waals surface area contributed by atoms with Crippen molar-refractivity contribution in [3.63, 3.8) is 0 Å². The van der Waals surface area contributed by atoms with Gasteiger partial charge in [0, 0.05) is 5.69 Å². The Labute approximate surface area is 156 Å². The van der Waals surface area contributed by atoms with Crippen molar-refractivity contribution in [3.05, 3.63) is 53.7 Å². The molecule has 8 nitrogen and oxygen atoms in total. The highest BCUT2D eigenvalue weighted by Crippen LogP contribution is 2.17. The van der Waals surface area contributed by atoms with Crippen LogP contribution in [0.3, 0.4) is 0 Å². The molecule has 2 aromatic rings. The molecule has 0 saturated carbocycles. The minimum atomic E-state index is -0.888. The lowest BCUT2D eigenvalue weighted by atomic mass is 10.1. The second-order valence-corrected chi connectivity index (χ2v) is 6.19.